The van der Waals surface area contributed by atoms with Crippen LogP contribution in [0.2, 0.25) is 0 Å². The monoisotopic (exact) mass is 283 g/mol. The van der Waals surface area contributed by atoms with Crippen LogP contribution in [0.1, 0.15) is 0 Å². The molecule has 0 radical (unpaired) electrons. The van der Waals surface area contributed by atoms with E-state index in [1.165, 1.54) is 0 Å². The molecule has 0 aliphatic carbocycles. The second-order valence-electron chi connectivity index (χ2n) is 2.79. The Kier molecular flexibility index (Phi) is 4.68. The van der Waals surface area contributed by atoms with Crippen molar-refractivity contribution in [2.75, 3.05) is 0 Å². The van der Waals surface area contributed by atoms with E-state index in [2.05, 4.69) is 0 Å². The standard InChI is InChI=1S/C9H8Cl3NO3/c10-9(11,12)7(14)13-8(15)16-6-4-2-1-3-5-6/h1-5,7,14H,(H,13,15). The van der Waals surface area contributed by atoms with Crippen LogP contribution in [0.5, 0.6) is 5.75 Å². The third kappa shape index (κ3) is 4.45. The molecule has 0 fully saturated rings. The lowest BCUT2D eigenvalue weighted by atomic mass is 10.3. The first-order valence-electron chi connectivity index (χ1n) is 4.18. The number of hydrogen-bond acceptors (Lipinski definition) is 3. The number of carbonyl (C=O) groups is 1. The van der Waals surface area contributed by atoms with Crippen LogP contribution < -0.4 is 10.1 Å². The van der Waals surface area contributed by atoms with Gasteiger partial charge in [0.05, 0.1) is 0 Å². The molecule has 0 aromatic heterocycles. The highest BCUT2D eigenvalue weighted by molar-refractivity contribution is 6.68. The lowest BCUT2D eigenvalue weighted by Crippen LogP contribution is -2.44. The molecule has 0 aliphatic heterocycles. The summed E-state index contributed by atoms with van der Waals surface area (Å²) in [6.45, 7) is 0. The number of aliphatic hydroxyl groups excluding tert-OH is 1. The Bertz CT molecular complexity index is 353. The first-order chi connectivity index (χ1) is 7.39. The average Bonchev–Trinajstić information content (AvgIpc) is 2.17. The molecule has 4 nitrogen and oxygen atoms in total. The van der Waals surface area contributed by atoms with Gasteiger partial charge in [-0.05, 0) is 12.1 Å². The third-order valence-electron chi connectivity index (χ3n) is 1.52. The van der Waals surface area contributed by atoms with Crippen LogP contribution in [0.4, 0.5) is 4.79 Å². The summed E-state index contributed by atoms with van der Waals surface area (Å²) >= 11 is 16.0. The predicted octanol–water partition coefficient (Wildman–Crippen LogP) is 2.46. The van der Waals surface area contributed by atoms with Crippen molar-refractivity contribution in [3.8, 4) is 5.75 Å². The molecule has 1 amide bonds. The van der Waals surface area contributed by atoms with Crippen molar-refractivity contribution >= 4 is 40.9 Å². The number of amides is 1. The number of rotatable bonds is 2. The zero-order valence-electron chi connectivity index (χ0n) is 7.86. The van der Waals surface area contributed by atoms with Crippen LogP contribution in [-0.4, -0.2) is 21.2 Å². The van der Waals surface area contributed by atoms with Crippen LogP contribution in [0.25, 0.3) is 0 Å². The van der Waals surface area contributed by atoms with Crippen molar-refractivity contribution in [2.45, 2.75) is 10.0 Å². The van der Waals surface area contributed by atoms with Crippen LogP contribution in [0, 0.1) is 0 Å². The van der Waals surface area contributed by atoms with E-state index in [4.69, 9.17) is 39.5 Å². The van der Waals surface area contributed by atoms with E-state index < -0.39 is 16.1 Å². The van der Waals surface area contributed by atoms with Gasteiger partial charge in [0.2, 0.25) is 3.79 Å². The van der Waals surface area contributed by atoms with Gasteiger partial charge in [0.25, 0.3) is 0 Å². The molecule has 1 atom stereocenters. The number of halogens is 3. The Morgan fingerprint density at radius 1 is 1.31 bits per heavy atom. The van der Waals surface area contributed by atoms with Gasteiger partial charge < -0.3 is 9.84 Å². The van der Waals surface area contributed by atoms with Gasteiger partial charge in [0, 0.05) is 0 Å². The van der Waals surface area contributed by atoms with Gasteiger partial charge in [-0.3, -0.25) is 5.32 Å². The first kappa shape index (κ1) is 13.4. The Morgan fingerprint density at radius 3 is 2.38 bits per heavy atom. The summed E-state index contributed by atoms with van der Waals surface area (Å²) in [6.07, 6.45) is -2.56. The second-order valence-corrected chi connectivity index (χ2v) is 5.16. The van der Waals surface area contributed by atoms with Crippen molar-refractivity contribution in [2.24, 2.45) is 0 Å². The van der Waals surface area contributed by atoms with Crippen LogP contribution >= 0.6 is 34.8 Å². The SMILES string of the molecule is O=C(NC(O)C(Cl)(Cl)Cl)Oc1ccccc1. The molecule has 0 saturated heterocycles. The molecule has 0 heterocycles. The largest absolute Gasteiger partial charge is 0.414 e. The van der Waals surface area contributed by atoms with E-state index in [0.29, 0.717) is 5.75 Å². The predicted molar refractivity (Wildman–Crippen MR) is 61.9 cm³/mol. The summed E-state index contributed by atoms with van der Waals surface area (Å²) in [5.41, 5.74) is 0. The molecule has 1 unspecified atom stereocenters. The Labute approximate surface area is 107 Å². The van der Waals surface area contributed by atoms with Gasteiger partial charge in [0.1, 0.15) is 5.75 Å². The topological polar surface area (TPSA) is 58.6 Å². The maximum Gasteiger partial charge on any atom is 0.414 e. The maximum atomic E-state index is 11.2. The number of carbonyl (C=O) groups excluding carboxylic acids is 1. The van der Waals surface area contributed by atoms with E-state index in [9.17, 15) is 9.90 Å². The molecule has 88 valence electrons. The second kappa shape index (κ2) is 5.59. The number of para-hydroxylation sites is 1. The summed E-state index contributed by atoms with van der Waals surface area (Å²) in [6, 6.07) is 8.28. The van der Waals surface area contributed by atoms with Crippen molar-refractivity contribution < 1.29 is 14.6 Å². The Hall–Kier alpha value is -0.680. The smallest absolute Gasteiger partial charge is 0.410 e. The van der Waals surface area contributed by atoms with E-state index in [1.807, 2.05) is 5.32 Å². The van der Waals surface area contributed by atoms with Crippen molar-refractivity contribution in [1.82, 2.24) is 5.32 Å². The number of ether oxygens (including phenoxy) is 1. The van der Waals surface area contributed by atoms with Crippen LogP contribution in [-0.2, 0) is 0 Å². The molecular weight excluding hydrogens is 276 g/mol. The van der Waals surface area contributed by atoms with Crippen molar-refractivity contribution in [3.05, 3.63) is 30.3 Å². The number of alkyl halides is 3. The normalized spacial score (nSPS) is 13.0. The number of nitrogens with one attached hydrogen (secondary N) is 1. The summed E-state index contributed by atoms with van der Waals surface area (Å²) in [7, 11) is 0. The Balaban J connectivity index is 2.49. The van der Waals surface area contributed by atoms with E-state index >= 15 is 0 Å². The molecule has 0 bridgehead atoms. The quantitative estimate of drug-likeness (QED) is 0.648. The minimum absolute atomic E-state index is 0.316. The lowest BCUT2D eigenvalue weighted by Gasteiger charge is -2.19. The lowest BCUT2D eigenvalue weighted by molar-refractivity contribution is 0.127. The minimum atomic E-state index is -2.00. The van der Waals surface area contributed by atoms with Gasteiger partial charge in [-0.25, -0.2) is 4.79 Å². The zero-order valence-corrected chi connectivity index (χ0v) is 10.1. The first-order valence-corrected chi connectivity index (χ1v) is 5.31. The highest BCUT2D eigenvalue weighted by Crippen LogP contribution is 2.28. The summed E-state index contributed by atoms with van der Waals surface area (Å²) in [5, 5.41) is 11.2. The van der Waals surface area contributed by atoms with Crippen LogP contribution in [0.3, 0.4) is 0 Å². The molecule has 1 rings (SSSR count). The van der Waals surface area contributed by atoms with Crippen molar-refractivity contribution in [1.29, 1.82) is 0 Å². The molecule has 0 aliphatic rings. The Morgan fingerprint density at radius 2 is 1.88 bits per heavy atom. The fourth-order valence-corrected chi connectivity index (χ4v) is 0.982. The van der Waals surface area contributed by atoms with Gasteiger partial charge in [-0.2, -0.15) is 0 Å². The summed E-state index contributed by atoms with van der Waals surface area (Å²) in [5.74, 6) is 0.316. The highest BCUT2D eigenvalue weighted by atomic mass is 35.6. The highest BCUT2D eigenvalue weighted by Gasteiger charge is 2.32. The molecule has 1 aromatic rings. The van der Waals surface area contributed by atoms with Gasteiger partial charge in [-0.15, -0.1) is 0 Å². The molecule has 0 saturated carbocycles. The van der Waals surface area contributed by atoms with E-state index in [1.54, 1.807) is 30.3 Å². The van der Waals surface area contributed by atoms with E-state index in [-0.39, 0.29) is 0 Å². The zero-order chi connectivity index (χ0) is 12.2. The fourth-order valence-electron chi connectivity index (χ4n) is 0.818. The third-order valence-corrected chi connectivity index (χ3v) is 2.14. The molecule has 0 spiro atoms. The summed E-state index contributed by atoms with van der Waals surface area (Å²) < 4.78 is 2.79. The van der Waals surface area contributed by atoms with Gasteiger partial charge in [0.15, 0.2) is 6.23 Å². The van der Waals surface area contributed by atoms with Crippen molar-refractivity contribution in [3.63, 3.8) is 0 Å². The summed E-state index contributed by atoms with van der Waals surface area (Å²) in [4.78, 5) is 11.2. The van der Waals surface area contributed by atoms with Crippen LogP contribution in [0.15, 0.2) is 30.3 Å². The van der Waals surface area contributed by atoms with Gasteiger partial charge >= 0.3 is 6.09 Å². The molecular formula is C9H8Cl3NO3. The minimum Gasteiger partial charge on any atom is -0.410 e. The number of benzene rings is 1. The molecule has 1 aromatic carbocycles. The maximum absolute atomic E-state index is 11.2. The molecule has 2 N–H and O–H groups in total. The van der Waals surface area contributed by atoms with E-state index in [0.717, 1.165) is 0 Å². The fraction of sp³-hybridized carbons (Fsp3) is 0.222. The number of aliphatic hydroxyl groups is 1. The molecule has 16 heavy (non-hydrogen) atoms. The number of hydrogen-bond donors (Lipinski definition) is 2. The van der Waals surface area contributed by atoms with Gasteiger partial charge in [-0.1, -0.05) is 53.0 Å². The molecule has 7 heteroatoms. The average molecular weight is 285 g/mol.